The number of rotatable bonds is 4. The molecule has 1 heterocycles. The summed E-state index contributed by atoms with van der Waals surface area (Å²) in [5.74, 6) is -0.228. The normalized spacial score (nSPS) is 10.9. The minimum atomic E-state index is -0.403. The number of carbonyl (C=O) groups is 1. The van der Waals surface area contributed by atoms with Crippen LogP contribution in [0.5, 0.6) is 0 Å². The Kier molecular flexibility index (Phi) is 5.38. The molecule has 0 saturated carbocycles. The maximum Gasteiger partial charge on any atom is 0.295 e. The van der Waals surface area contributed by atoms with E-state index in [1.165, 1.54) is 12.1 Å². The number of halogens is 1. The molecule has 1 amide bonds. The Morgan fingerprint density at radius 1 is 0.871 bits per heavy atom. The molecule has 0 aliphatic rings. The van der Waals surface area contributed by atoms with Crippen LogP contribution in [0.1, 0.15) is 32.9 Å². The maximum absolute atomic E-state index is 13.5. The standard InChI is InChI=1S/C25H23FN4O/c1-15-6-12-21(18(4)13-15)27-25(31)23-28-24(19-8-10-20(26)11-9-19)30(29-23)22-14-16(2)5-7-17(22)3/h5-14H,1-4H3,(H,27,31). The predicted octanol–water partition coefficient (Wildman–Crippen LogP) is 5.56. The molecule has 0 unspecified atom stereocenters. The number of benzene rings is 3. The molecule has 0 atom stereocenters. The molecule has 0 saturated heterocycles. The summed E-state index contributed by atoms with van der Waals surface area (Å²) in [4.78, 5) is 17.5. The van der Waals surface area contributed by atoms with Crippen molar-refractivity contribution in [1.29, 1.82) is 0 Å². The highest BCUT2D eigenvalue weighted by molar-refractivity contribution is 6.02. The van der Waals surface area contributed by atoms with Gasteiger partial charge < -0.3 is 5.32 Å². The molecule has 3 aromatic carbocycles. The van der Waals surface area contributed by atoms with Crippen molar-refractivity contribution in [3.8, 4) is 17.1 Å². The molecule has 0 spiro atoms. The van der Waals surface area contributed by atoms with Gasteiger partial charge in [-0.05, 0) is 80.8 Å². The second-order valence-corrected chi connectivity index (χ2v) is 7.74. The van der Waals surface area contributed by atoms with Crippen LogP contribution in [-0.2, 0) is 0 Å². The van der Waals surface area contributed by atoms with Gasteiger partial charge in [0.25, 0.3) is 5.91 Å². The van der Waals surface area contributed by atoms with Crippen LogP contribution in [0.15, 0.2) is 60.7 Å². The first-order valence-corrected chi connectivity index (χ1v) is 10.0. The lowest BCUT2D eigenvalue weighted by atomic mass is 10.1. The van der Waals surface area contributed by atoms with Crippen molar-refractivity contribution >= 4 is 11.6 Å². The minimum absolute atomic E-state index is 0.0419. The Morgan fingerprint density at radius 3 is 2.26 bits per heavy atom. The average Bonchev–Trinajstić information content (AvgIpc) is 3.18. The van der Waals surface area contributed by atoms with Crippen LogP contribution < -0.4 is 5.32 Å². The van der Waals surface area contributed by atoms with Gasteiger partial charge >= 0.3 is 0 Å². The Bertz CT molecular complexity index is 1280. The van der Waals surface area contributed by atoms with Crippen molar-refractivity contribution < 1.29 is 9.18 Å². The lowest BCUT2D eigenvalue weighted by molar-refractivity contribution is 0.101. The smallest absolute Gasteiger partial charge is 0.295 e. The molecule has 1 aromatic heterocycles. The fourth-order valence-electron chi connectivity index (χ4n) is 3.44. The Balaban J connectivity index is 1.80. The van der Waals surface area contributed by atoms with Gasteiger partial charge in [0.15, 0.2) is 5.82 Å². The van der Waals surface area contributed by atoms with Gasteiger partial charge in [0.2, 0.25) is 5.82 Å². The van der Waals surface area contributed by atoms with Crippen molar-refractivity contribution in [1.82, 2.24) is 14.8 Å². The molecular formula is C25H23FN4O. The van der Waals surface area contributed by atoms with Crippen molar-refractivity contribution in [2.75, 3.05) is 5.32 Å². The molecule has 1 N–H and O–H groups in total. The van der Waals surface area contributed by atoms with Crippen LogP contribution in [-0.4, -0.2) is 20.7 Å². The first kappa shape index (κ1) is 20.5. The van der Waals surface area contributed by atoms with E-state index in [4.69, 9.17) is 0 Å². The zero-order valence-electron chi connectivity index (χ0n) is 17.9. The van der Waals surface area contributed by atoms with E-state index in [9.17, 15) is 9.18 Å². The van der Waals surface area contributed by atoms with E-state index < -0.39 is 5.91 Å². The second kappa shape index (κ2) is 8.14. The SMILES string of the molecule is Cc1ccc(NC(=O)c2nc(-c3ccc(F)cc3)n(-c3cc(C)ccc3C)n2)c(C)c1. The average molecular weight is 414 g/mol. The number of hydrogen-bond donors (Lipinski definition) is 1. The molecule has 31 heavy (non-hydrogen) atoms. The van der Waals surface area contributed by atoms with Crippen LogP contribution in [0.4, 0.5) is 10.1 Å². The van der Waals surface area contributed by atoms with Crippen molar-refractivity contribution in [3.63, 3.8) is 0 Å². The molecule has 4 aromatic rings. The molecule has 156 valence electrons. The molecule has 6 heteroatoms. The Hall–Kier alpha value is -3.80. The topological polar surface area (TPSA) is 59.8 Å². The largest absolute Gasteiger partial charge is 0.319 e. The summed E-state index contributed by atoms with van der Waals surface area (Å²) in [6, 6.07) is 17.8. The first-order chi connectivity index (χ1) is 14.8. The van der Waals surface area contributed by atoms with Gasteiger partial charge in [-0.1, -0.05) is 29.8 Å². The van der Waals surface area contributed by atoms with Crippen LogP contribution >= 0.6 is 0 Å². The van der Waals surface area contributed by atoms with Crippen molar-refractivity contribution in [2.24, 2.45) is 0 Å². The van der Waals surface area contributed by atoms with Gasteiger partial charge in [-0.3, -0.25) is 4.79 Å². The molecule has 0 aliphatic carbocycles. The van der Waals surface area contributed by atoms with Gasteiger partial charge in [0, 0.05) is 11.3 Å². The number of nitrogens with one attached hydrogen (secondary N) is 1. The van der Waals surface area contributed by atoms with Gasteiger partial charge in [0.05, 0.1) is 5.69 Å². The number of amides is 1. The molecule has 0 radical (unpaired) electrons. The third-order valence-corrected chi connectivity index (χ3v) is 5.14. The lowest BCUT2D eigenvalue weighted by Gasteiger charge is -2.10. The van der Waals surface area contributed by atoms with Gasteiger partial charge in [0.1, 0.15) is 5.82 Å². The van der Waals surface area contributed by atoms with Gasteiger partial charge in [-0.2, -0.15) is 0 Å². The maximum atomic E-state index is 13.5. The molecule has 0 fully saturated rings. The summed E-state index contributed by atoms with van der Waals surface area (Å²) in [6.07, 6.45) is 0. The van der Waals surface area contributed by atoms with Crippen LogP contribution in [0.25, 0.3) is 17.1 Å². The number of carbonyl (C=O) groups excluding carboxylic acids is 1. The first-order valence-electron chi connectivity index (χ1n) is 10.0. The zero-order valence-corrected chi connectivity index (χ0v) is 17.9. The molecule has 0 bridgehead atoms. The second-order valence-electron chi connectivity index (χ2n) is 7.74. The van der Waals surface area contributed by atoms with Crippen LogP contribution in [0.3, 0.4) is 0 Å². The highest BCUT2D eigenvalue weighted by Crippen LogP contribution is 2.25. The molecule has 0 aliphatic heterocycles. The fraction of sp³-hybridized carbons (Fsp3) is 0.160. The predicted molar refractivity (Wildman–Crippen MR) is 120 cm³/mol. The lowest BCUT2D eigenvalue weighted by Crippen LogP contribution is -2.15. The Labute approximate surface area is 180 Å². The number of aromatic nitrogens is 3. The van der Waals surface area contributed by atoms with Crippen molar-refractivity contribution in [2.45, 2.75) is 27.7 Å². The molecular weight excluding hydrogens is 391 g/mol. The fourth-order valence-corrected chi connectivity index (χ4v) is 3.44. The summed E-state index contributed by atoms with van der Waals surface area (Å²) in [5.41, 5.74) is 6.31. The van der Waals surface area contributed by atoms with E-state index in [0.717, 1.165) is 27.9 Å². The summed E-state index contributed by atoms with van der Waals surface area (Å²) >= 11 is 0. The highest BCUT2D eigenvalue weighted by atomic mass is 19.1. The van der Waals surface area contributed by atoms with E-state index in [0.29, 0.717) is 17.1 Å². The third kappa shape index (κ3) is 4.23. The monoisotopic (exact) mass is 414 g/mol. The zero-order chi connectivity index (χ0) is 22.1. The summed E-state index contributed by atoms with van der Waals surface area (Å²) in [7, 11) is 0. The minimum Gasteiger partial charge on any atom is -0.319 e. The number of anilines is 1. The van der Waals surface area contributed by atoms with E-state index in [1.807, 2.05) is 64.1 Å². The summed E-state index contributed by atoms with van der Waals surface area (Å²) < 4.78 is 15.1. The van der Waals surface area contributed by atoms with E-state index in [1.54, 1.807) is 16.8 Å². The Morgan fingerprint density at radius 2 is 1.55 bits per heavy atom. The van der Waals surface area contributed by atoms with Crippen LogP contribution in [0, 0.1) is 33.5 Å². The van der Waals surface area contributed by atoms with E-state index in [2.05, 4.69) is 15.4 Å². The quantitative estimate of drug-likeness (QED) is 0.476. The summed E-state index contributed by atoms with van der Waals surface area (Å²) in [6.45, 7) is 7.90. The van der Waals surface area contributed by atoms with Gasteiger partial charge in [-0.15, -0.1) is 5.10 Å². The third-order valence-electron chi connectivity index (χ3n) is 5.14. The van der Waals surface area contributed by atoms with Gasteiger partial charge in [-0.25, -0.2) is 14.1 Å². The summed E-state index contributed by atoms with van der Waals surface area (Å²) in [5, 5.41) is 7.42. The highest BCUT2D eigenvalue weighted by Gasteiger charge is 2.20. The number of nitrogens with zero attached hydrogens (tertiary/aromatic N) is 3. The van der Waals surface area contributed by atoms with E-state index >= 15 is 0 Å². The number of aryl methyl sites for hydroxylation is 4. The van der Waals surface area contributed by atoms with Crippen LogP contribution in [0.2, 0.25) is 0 Å². The number of hydrogen-bond acceptors (Lipinski definition) is 3. The molecule has 5 nitrogen and oxygen atoms in total. The van der Waals surface area contributed by atoms with Crippen molar-refractivity contribution in [3.05, 3.63) is 94.6 Å². The van der Waals surface area contributed by atoms with E-state index in [-0.39, 0.29) is 11.6 Å². The molecule has 4 rings (SSSR count).